The number of benzene rings is 1. The number of alkyl halides is 1. The highest BCUT2D eigenvalue weighted by molar-refractivity contribution is 9.10. The molecule has 1 aliphatic heterocycles. The molecule has 1 fully saturated rings. The van der Waals surface area contributed by atoms with Gasteiger partial charge in [-0.05, 0) is 58.2 Å². The Morgan fingerprint density at radius 3 is 2.63 bits per heavy atom. The SMILES string of the molecule is CC(=O)c1nn(CC(=O)N2C[C@@H](N=[N+]=[N-])[C@H](F)[C@H]2C(=O)Nc2cccc(Br)n2)c2ccc(-c3cnc(C)nc3)cc12. The number of halogens is 2. The number of rotatable bonds is 7. The Balaban J connectivity index is 1.46. The molecule has 208 valence electrons. The normalized spacial score (nSPS) is 18.2. The Morgan fingerprint density at radius 1 is 1.20 bits per heavy atom. The van der Waals surface area contributed by atoms with E-state index in [1.165, 1.54) is 17.7 Å². The van der Waals surface area contributed by atoms with E-state index in [0.717, 1.165) is 16.0 Å². The van der Waals surface area contributed by atoms with Crippen molar-refractivity contribution in [2.45, 2.75) is 38.6 Å². The van der Waals surface area contributed by atoms with Crippen molar-refractivity contribution in [1.82, 2.24) is 29.6 Å². The molecule has 41 heavy (non-hydrogen) atoms. The number of hydrogen-bond donors (Lipinski definition) is 1. The minimum atomic E-state index is -1.96. The maximum absolute atomic E-state index is 15.4. The van der Waals surface area contributed by atoms with E-state index in [0.29, 0.717) is 21.3 Å². The smallest absolute Gasteiger partial charge is 0.251 e. The van der Waals surface area contributed by atoms with Crippen molar-refractivity contribution in [3.63, 3.8) is 0 Å². The number of anilines is 1. The van der Waals surface area contributed by atoms with E-state index >= 15 is 4.39 Å². The number of amides is 2. The van der Waals surface area contributed by atoms with Crippen LogP contribution in [-0.2, 0) is 16.1 Å². The van der Waals surface area contributed by atoms with Gasteiger partial charge in [-0.25, -0.2) is 19.3 Å². The van der Waals surface area contributed by atoms with Gasteiger partial charge in [-0.3, -0.25) is 19.1 Å². The monoisotopic (exact) mass is 620 g/mol. The highest BCUT2D eigenvalue weighted by atomic mass is 79.9. The average molecular weight is 621 g/mol. The summed E-state index contributed by atoms with van der Waals surface area (Å²) in [5, 5.41) is 10.8. The molecule has 0 bridgehead atoms. The van der Waals surface area contributed by atoms with Crippen molar-refractivity contribution in [2.24, 2.45) is 5.11 Å². The van der Waals surface area contributed by atoms with Gasteiger partial charge in [-0.2, -0.15) is 5.10 Å². The number of nitrogens with zero attached hydrogens (tertiary/aromatic N) is 9. The van der Waals surface area contributed by atoms with Gasteiger partial charge in [-0.15, -0.1) is 0 Å². The third-order valence-electron chi connectivity index (χ3n) is 6.63. The first kappa shape index (κ1) is 27.8. The van der Waals surface area contributed by atoms with Gasteiger partial charge in [0, 0.05) is 41.7 Å². The molecular weight excluding hydrogens is 599 g/mol. The summed E-state index contributed by atoms with van der Waals surface area (Å²) in [7, 11) is 0. The van der Waals surface area contributed by atoms with Crippen molar-refractivity contribution in [1.29, 1.82) is 0 Å². The molecule has 13 nitrogen and oxygen atoms in total. The molecule has 1 aromatic carbocycles. The first-order valence-corrected chi connectivity index (χ1v) is 13.2. The van der Waals surface area contributed by atoms with Crippen LogP contribution < -0.4 is 5.32 Å². The summed E-state index contributed by atoms with van der Waals surface area (Å²) >= 11 is 3.21. The predicted octanol–water partition coefficient (Wildman–Crippen LogP) is 4.03. The van der Waals surface area contributed by atoms with Crippen molar-refractivity contribution in [3.05, 3.63) is 75.4 Å². The van der Waals surface area contributed by atoms with Crippen LogP contribution in [0, 0.1) is 6.92 Å². The van der Waals surface area contributed by atoms with Crippen LogP contribution in [0.2, 0.25) is 0 Å². The van der Waals surface area contributed by atoms with Crippen molar-refractivity contribution in [3.8, 4) is 11.1 Å². The van der Waals surface area contributed by atoms with Gasteiger partial charge in [-0.1, -0.05) is 17.2 Å². The molecule has 15 heteroatoms. The second kappa shape index (κ2) is 11.4. The Morgan fingerprint density at radius 2 is 1.95 bits per heavy atom. The number of carbonyl (C=O) groups excluding carboxylic acids is 3. The van der Waals surface area contributed by atoms with Gasteiger partial charge in [0.1, 0.15) is 40.7 Å². The van der Waals surface area contributed by atoms with E-state index in [1.54, 1.807) is 49.6 Å². The van der Waals surface area contributed by atoms with Gasteiger partial charge in [0.2, 0.25) is 5.91 Å². The Labute approximate surface area is 240 Å². The molecule has 0 unspecified atom stereocenters. The first-order valence-electron chi connectivity index (χ1n) is 12.4. The summed E-state index contributed by atoms with van der Waals surface area (Å²) in [4.78, 5) is 55.4. The lowest BCUT2D eigenvalue weighted by atomic mass is 10.0. The number of hydrogen-bond acceptors (Lipinski definition) is 8. The van der Waals surface area contributed by atoms with Gasteiger partial charge in [0.25, 0.3) is 5.91 Å². The number of ketones is 1. The summed E-state index contributed by atoms with van der Waals surface area (Å²) < 4.78 is 17.2. The van der Waals surface area contributed by atoms with Gasteiger partial charge < -0.3 is 10.2 Å². The summed E-state index contributed by atoms with van der Waals surface area (Å²) in [6, 6.07) is 7.21. The molecule has 0 aliphatic carbocycles. The quantitative estimate of drug-likeness (QED) is 0.107. The number of azide groups is 1. The molecule has 1 aliphatic rings. The van der Waals surface area contributed by atoms with Crippen LogP contribution in [0.25, 0.3) is 32.5 Å². The zero-order valence-electron chi connectivity index (χ0n) is 21.8. The van der Waals surface area contributed by atoms with Crippen molar-refractivity contribution < 1.29 is 18.8 Å². The Kier molecular flexibility index (Phi) is 7.72. The summed E-state index contributed by atoms with van der Waals surface area (Å²) in [6.45, 7) is 2.43. The molecule has 3 aromatic heterocycles. The molecule has 1 saturated heterocycles. The van der Waals surface area contributed by atoms with Gasteiger partial charge in [0.05, 0.1) is 11.6 Å². The maximum Gasteiger partial charge on any atom is 0.251 e. The summed E-state index contributed by atoms with van der Waals surface area (Å²) in [6.07, 6.45) is 1.38. The van der Waals surface area contributed by atoms with Crippen LogP contribution in [-0.4, -0.2) is 72.0 Å². The molecule has 4 heterocycles. The fourth-order valence-electron chi connectivity index (χ4n) is 4.69. The van der Waals surface area contributed by atoms with Crippen molar-refractivity contribution in [2.75, 3.05) is 11.9 Å². The number of pyridine rings is 1. The molecule has 2 amide bonds. The lowest BCUT2D eigenvalue weighted by Gasteiger charge is -2.24. The molecule has 0 saturated carbocycles. The number of aryl methyl sites for hydroxylation is 1. The zero-order chi connectivity index (χ0) is 29.3. The lowest BCUT2D eigenvalue weighted by molar-refractivity contribution is -0.138. The summed E-state index contributed by atoms with van der Waals surface area (Å²) in [5.74, 6) is -1.03. The van der Waals surface area contributed by atoms with Crippen LogP contribution in [0.4, 0.5) is 10.2 Å². The fraction of sp³-hybridized carbons (Fsp3) is 0.269. The number of Topliss-reactive ketones (excluding diaryl/α,β-unsaturated/α-hetero) is 1. The van der Waals surface area contributed by atoms with Crippen LogP contribution in [0.15, 0.2) is 58.5 Å². The average Bonchev–Trinajstić information content (AvgIpc) is 3.46. The van der Waals surface area contributed by atoms with Crippen molar-refractivity contribution >= 4 is 50.2 Å². The molecule has 4 aromatic rings. The van der Waals surface area contributed by atoms with E-state index in [-0.39, 0.29) is 23.8 Å². The minimum absolute atomic E-state index is 0.148. The van der Waals surface area contributed by atoms with Crippen LogP contribution in [0.1, 0.15) is 23.2 Å². The highest BCUT2D eigenvalue weighted by Crippen LogP contribution is 2.29. The number of fused-ring (bicyclic) bond motifs is 1. The third-order valence-corrected chi connectivity index (χ3v) is 7.07. The van der Waals surface area contributed by atoms with E-state index in [2.05, 4.69) is 51.3 Å². The molecule has 5 rings (SSSR count). The topological polar surface area (TPSA) is 172 Å². The van der Waals surface area contributed by atoms with Gasteiger partial charge >= 0.3 is 0 Å². The largest absolute Gasteiger partial charge is 0.326 e. The van der Waals surface area contributed by atoms with E-state index in [4.69, 9.17) is 5.53 Å². The lowest BCUT2D eigenvalue weighted by Crippen LogP contribution is -2.48. The summed E-state index contributed by atoms with van der Waals surface area (Å²) in [5.41, 5.74) is 11.0. The molecule has 3 atom stereocenters. The first-order chi connectivity index (χ1) is 19.7. The second-order valence-corrected chi connectivity index (χ2v) is 10.2. The van der Waals surface area contributed by atoms with E-state index in [9.17, 15) is 14.4 Å². The zero-order valence-corrected chi connectivity index (χ0v) is 23.4. The van der Waals surface area contributed by atoms with Gasteiger partial charge in [0.15, 0.2) is 5.78 Å². The molecule has 1 N–H and O–H groups in total. The Bertz CT molecular complexity index is 1720. The standard InChI is InChI=1S/C26H22BrFN10O3/c1-13(39)24-17-8-15(16-9-30-14(2)31-10-16)6-7-19(17)38(35-24)12-22(40)37-11-18(34-36-29)23(28)25(37)26(41)33-21-5-3-4-20(27)32-21/h3-10,18,23,25H,11-12H2,1-2H3,(H,32,33,41)/t18-,23+,25+/m1/s1. The van der Waals surface area contributed by atoms with Crippen LogP contribution in [0.3, 0.4) is 0 Å². The third kappa shape index (κ3) is 5.62. The Hall–Kier alpha value is -4.75. The predicted molar refractivity (Wildman–Crippen MR) is 149 cm³/mol. The number of aromatic nitrogens is 5. The minimum Gasteiger partial charge on any atom is -0.326 e. The van der Waals surface area contributed by atoms with E-state index < -0.39 is 36.6 Å². The molecule has 0 radical (unpaired) electrons. The molecular formula is C26H22BrFN10O3. The van der Waals surface area contributed by atoms with Crippen LogP contribution >= 0.6 is 15.9 Å². The highest BCUT2D eigenvalue weighted by Gasteiger charge is 2.48. The number of carbonyl (C=O) groups is 3. The second-order valence-electron chi connectivity index (χ2n) is 9.36. The maximum atomic E-state index is 15.4. The fourth-order valence-corrected chi connectivity index (χ4v) is 5.03. The number of likely N-dealkylation sites (tertiary alicyclic amines) is 1. The van der Waals surface area contributed by atoms with Crippen LogP contribution in [0.5, 0.6) is 0 Å². The molecule has 0 spiro atoms. The number of nitrogens with one attached hydrogen (secondary N) is 1. The van der Waals surface area contributed by atoms with E-state index in [1.807, 2.05) is 0 Å².